The van der Waals surface area contributed by atoms with E-state index in [-0.39, 0.29) is 18.6 Å². The molecule has 3 rings (SSSR count). The number of amides is 1. The molecule has 1 fully saturated rings. The van der Waals surface area contributed by atoms with E-state index in [1.54, 1.807) is 31.4 Å². The van der Waals surface area contributed by atoms with Crippen molar-refractivity contribution in [2.45, 2.75) is 38.5 Å². The number of carbonyl (C=O) groups is 2. The van der Waals surface area contributed by atoms with Crippen LogP contribution in [0.4, 0.5) is 0 Å². The average molecular weight is 413 g/mol. The van der Waals surface area contributed by atoms with Crippen LogP contribution in [0, 0.1) is 0 Å². The molecule has 1 N–H and O–H groups in total. The number of methoxy groups -OCH3 is 1. The number of carbonyl (C=O) groups excluding carboxylic acids is 2. The van der Waals surface area contributed by atoms with Crippen LogP contribution in [0.25, 0.3) is 0 Å². The Kier molecular flexibility index (Phi) is 7.68. The van der Waals surface area contributed by atoms with E-state index in [0.717, 1.165) is 25.0 Å². The van der Waals surface area contributed by atoms with Crippen molar-refractivity contribution in [3.8, 4) is 11.5 Å². The van der Waals surface area contributed by atoms with Gasteiger partial charge in [-0.2, -0.15) is 0 Å². The molecule has 1 saturated heterocycles. The zero-order chi connectivity index (χ0) is 21.3. The van der Waals surface area contributed by atoms with Crippen molar-refractivity contribution in [1.82, 2.24) is 5.32 Å². The molecule has 0 aliphatic carbocycles. The Morgan fingerprint density at radius 1 is 1.17 bits per heavy atom. The third-order valence-corrected chi connectivity index (χ3v) is 4.85. The van der Waals surface area contributed by atoms with Gasteiger partial charge in [-0.15, -0.1) is 0 Å². The van der Waals surface area contributed by atoms with Crippen molar-refractivity contribution in [2.75, 3.05) is 20.3 Å². The van der Waals surface area contributed by atoms with Crippen LogP contribution < -0.4 is 14.8 Å². The van der Waals surface area contributed by atoms with Gasteiger partial charge >= 0.3 is 5.97 Å². The molecule has 1 aliphatic rings. The summed E-state index contributed by atoms with van der Waals surface area (Å²) in [5, 5.41) is 2.75. The molecule has 0 saturated carbocycles. The standard InChI is InChI=1S/C23H27NO6/c1-16(22(25)24-14-18-6-3-4-8-21(18)27-2)30-23(26)17-9-11-19(12-10-17)29-15-20-7-5-13-28-20/h3-4,6,8-12,16,20H,5,7,13-15H2,1-2H3,(H,24,25)/t16-,20+/m0/s1. The molecule has 30 heavy (non-hydrogen) atoms. The van der Waals surface area contributed by atoms with Gasteiger partial charge in [-0.25, -0.2) is 4.79 Å². The highest BCUT2D eigenvalue weighted by Gasteiger charge is 2.20. The predicted octanol–water partition coefficient (Wildman–Crippen LogP) is 3.11. The highest BCUT2D eigenvalue weighted by Crippen LogP contribution is 2.18. The van der Waals surface area contributed by atoms with Crippen molar-refractivity contribution in [3.63, 3.8) is 0 Å². The number of esters is 1. The SMILES string of the molecule is COc1ccccc1CNC(=O)[C@H](C)OC(=O)c1ccc(OC[C@H]2CCCO2)cc1. The summed E-state index contributed by atoms with van der Waals surface area (Å²) in [6.45, 7) is 3.09. The van der Waals surface area contributed by atoms with E-state index in [1.165, 1.54) is 6.92 Å². The summed E-state index contributed by atoms with van der Waals surface area (Å²) >= 11 is 0. The van der Waals surface area contributed by atoms with Gasteiger partial charge in [-0.05, 0) is 50.1 Å². The van der Waals surface area contributed by atoms with E-state index in [4.69, 9.17) is 18.9 Å². The fourth-order valence-corrected chi connectivity index (χ4v) is 3.11. The van der Waals surface area contributed by atoms with Gasteiger partial charge in [0, 0.05) is 18.7 Å². The molecular weight excluding hydrogens is 386 g/mol. The lowest BCUT2D eigenvalue weighted by Gasteiger charge is -2.15. The lowest BCUT2D eigenvalue weighted by molar-refractivity contribution is -0.129. The minimum Gasteiger partial charge on any atom is -0.496 e. The normalized spacial score (nSPS) is 16.5. The van der Waals surface area contributed by atoms with E-state index < -0.39 is 12.1 Å². The van der Waals surface area contributed by atoms with Crippen molar-refractivity contribution in [2.24, 2.45) is 0 Å². The van der Waals surface area contributed by atoms with Crippen LogP contribution in [-0.4, -0.2) is 44.4 Å². The zero-order valence-electron chi connectivity index (χ0n) is 17.3. The van der Waals surface area contributed by atoms with Crippen molar-refractivity contribution in [1.29, 1.82) is 0 Å². The van der Waals surface area contributed by atoms with Gasteiger partial charge in [-0.1, -0.05) is 18.2 Å². The number of rotatable bonds is 9. The number of hydrogen-bond donors (Lipinski definition) is 1. The number of hydrogen-bond acceptors (Lipinski definition) is 6. The molecule has 160 valence electrons. The van der Waals surface area contributed by atoms with Gasteiger partial charge in [0.2, 0.25) is 0 Å². The number of benzene rings is 2. The first-order chi connectivity index (χ1) is 14.6. The maximum atomic E-state index is 12.3. The fraction of sp³-hybridized carbons (Fsp3) is 0.391. The van der Waals surface area contributed by atoms with E-state index in [1.807, 2.05) is 24.3 Å². The van der Waals surface area contributed by atoms with E-state index in [0.29, 0.717) is 23.7 Å². The summed E-state index contributed by atoms with van der Waals surface area (Å²) in [5.41, 5.74) is 1.19. The second-order valence-corrected chi connectivity index (χ2v) is 7.05. The molecule has 1 heterocycles. The van der Waals surface area contributed by atoms with Crippen LogP contribution in [0.3, 0.4) is 0 Å². The number of nitrogens with one attached hydrogen (secondary N) is 1. The van der Waals surface area contributed by atoms with Gasteiger partial charge in [0.1, 0.15) is 18.1 Å². The fourth-order valence-electron chi connectivity index (χ4n) is 3.11. The van der Waals surface area contributed by atoms with Crippen LogP contribution in [0.2, 0.25) is 0 Å². The number of ether oxygens (including phenoxy) is 4. The second kappa shape index (κ2) is 10.6. The Morgan fingerprint density at radius 3 is 2.63 bits per heavy atom. The molecule has 2 aromatic rings. The second-order valence-electron chi connectivity index (χ2n) is 7.05. The molecule has 7 nitrogen and oxygen atoms in total. The van der Waals surface area contributed by atoms with Gasteiger partial charge in [0.05, 0.1) is 18.8 Å². The van der Waals surface area contributed by atoms with Gasteiger partial charge in [0.15, 0.2) is 6.10 Å². The van der Waals surface area contributed by atoms with Crippen LogP contribution in [-0.2, 0) is 20.8 Å². The predicted molar refractivity (Wildman–Crippen MR) is 111 cm³/mol. The first-order valence-corrected chi connectivity index (χ1v) is 10.0. The van der Waals surface area contributed by atoms with Crippen LogP contribution in [0.5, 0.6) is 11.5 Å². The monoisotopic (exact) mass is 413 g/mol. The third-order valence-electron chi connectivity index (χ3n) is 4.85. The van der Waals surface area contributed by atoms with Crippen LogP contribution in [0.1, 0.15) is 35.7 Å². The molecule has 2 atom stereocenters. The van der Waals surface area contributed by atoms with Gasteiger partial charge < -0.3 is 24.3 Å². The van der Waals surface area contributed by atoms with E-state index in [2.05, 4.69) is 5.32 Å². The molecular formula is C23H27NO6. The average Bonchev–Trinajstić information content (AvgIpc) is 3.30. The molecule has 0 radical (unpaired) electrons. The lowest BCUT2D eigenvalue weighted by Crippen LogP contribution is -2.35. The molecule has 0 aromatic heterocycles. The van der Waals surface area contributed by atoms with Crippen molar-refractivity contribution in [3.05, 3.63) is 59.7 Å². The minimum absolute atomic E-state index is 0.129. The Morgan fingerprint density at radius 2 is 1.93 bits per heavy atom. The first-order valence-electron chi connectivity index (χ1n) is 10.0. The summed E-state index contributed by atoms with van der Waals surface area (Å²) in [6, 6.07) is 14.0. The Balaban J connectivity index is 1.46. The highest BCUT2D eigenvalue weighted by atomic mass is 16.5. The first kappa shape index (κ1) is 21.6. The summed E-state index contributed by atoms with van der Waals surface area (Å²) in [4.78, 5) is 24.6. The van der Waals surface area contributed by atoms with Gasteiger partial charge in [-0.3, -0.25) is 4.79 Å². The Bertz CT molecular complexity index is 845. The molecule has 2 aromatic carbocycles. The Labute approximate surface area is 176 Å². The van der Waals surface area contributed by atoms with Crippen molar-refractivity contribution < 1.29 is 28.5 Å². The molecule has 0 bridgehead atoms. The minimum atomic E-state index is -0.928. The zero-order valence-corrected chi connectivity index (χ0v) is 17.3. The van der Waals surface area contributed by atoms with Gasteiger partial charge in [0.25, 0.3) is 5.91 Å². The quantitative estimate of drug-likeness (QED) is 0.636. The van der Waals surface area contributed by atoms with Crippen LogP contribution in [0.15, 0.2) is 48.5 Å². The Hall–Kier alpha value is -3.06. The van der Waals surface area contributed by atoms with E-state index >= 15 is 0 Å². The van der Waals surface area contributed by atoms with Crippen LogP contribution >= 0.6 is 0 Å². The highest BCUT2D eigenvalue weighted by molar-refractivity contribution is 5.92. The maximum absolute atomic E-state index is 12.3. The molecule has 0 spiro atoms. The summed E-state index contributed by atoms with van der Waals surface area (Å²) in [5.74, 6) is 0.389. The molecule has 1 amide bonds. The smallest absolute Gasteiger partial charge is 0.338 e. The largest absolute Gasteiger partial charge is 0.496 e. The maximum Gasteiger partial charge on any atom is 0.338 e. The third kappa shape index (κ3) is 5.97. The van der Waals surface area contributed by atoms with Crippen molar-refractivity contribution >= 4 is 11.9 Å². The summed E-state index contributed by atoms with van der Waals surface area (Å²) in [6.07, 6.45) is 1.26. The molecule has 7 heteroatoms. The molecule has 0 unspecified atom stereocenters. The topological polar surface area (TPSA) is 83.1 Å². The molecule has 1 aliphatic heterocycles. The number of para-hydroxylation sites is 1. The van der Waals surface area contributed by atoms with E-state index in [9.17, 15) is 9.59 Å². The summed E-state index contributed by atoms with van der Waals surface area (Å²) < 4.78 is 21.7. The lowest BCUT2D eigenvalue weighted by atomic mass is 10.2. The summed E-state index contributed by atoms with van der Waals surface area (Å²) in [7, 11) is 1.57.